The van der Waals surface area contributed by atoms with Gasteiger partial charge in [-0.25, -0.2) is 0 Å². The Morgan fingerprint density at radius 1 is 0.829 bits per heavy atom. The summed E-state index contributed by atoms with van der Waals surface area (Å²) >= 11 is 0. The molecule has 2 N–H and O–H groups in total. The van der Waals surface area contributed by atoms with Crippen molar-refractivity contribution in [3.8, 4) is 11.4 Å². The molecule has 41 heavy (non-hydrogen) atoms. The molecule has 4 aromatic carbocycles. The molecule has 1 aliphatic heterocycles. The van der Waals surface area contributed by atoms with Crippen LogP contribution in [-0.4, -0.2) is 16.5 Å². The molecule has 0 bridgehead atoms. The molecule has 0 saturated heterocycles. The Balaban J connectivity index is 1.21. The van der Waals surface area contributed by atoms with E-state index in [4.69, 9.17) is 4.74 Å². The average Bonchev–Trinajstić information content (AvgIpc) is 3.67. The lowest BCUT2D eigenvalue weighted by Gasteiger charge is -2.27. The Bertz CT molecular complexity index is 1580. The van der Waals surface area contributed by atoms with Gasteiger partial charge in [0, 0.05) is 41.6 Å². The predicted octanol–water partition coefficient (Wildman–Crippen LogP) is 8.34. The summed E-state index contributed by atoms with van der Waals surface area (Å²) in [5.41, 5.74) is 6.80. The molecule has 6 rings (SSSR count). The largest absolute Gasteiger partial charge is 0.464 e. The Kier molecular flexibility index (Phi) is 7.97. The predicted molar refractivity (Wildman–Crippen MR) is 168 cm³/mol. The van der Waals surface area contributed by atoms with Crippen LogP contribution >= 0.6 is 0 Å². The van der Waals surface area contributed by atoms with Crippen molar-refractivity contribution in [1.29, 1.82) is 0 Å². The van der Waals surface area contributed by atoms with Crippen molar-refractivity contribution in [2.45, 2.75) is 18.8 Å². The van der Waals surface area contributed by atoms with E-state index in [1.165, 1.54) is 11.3 Å². The van der Waals surface area contributed by atoms with Crippen LogP contribution in [0, 0.1) is 0 Å². The number of para-hydroxylation sites is 4. The summed E-state index contributed by atoms with van der Waals surface area (Å²) in [6.07, 6.45) is 10.3. The lowest BCUT2D eigenvalue weighted by molar-refractivity contribution is 0.259. The van der Waals surface area contributed by atoms with Crippen LogP contribution in [0.1, 0.15) is 29.1 Å². The Morgan fingerprint density at radius 3 is 2.34 bits per heavy atom. The maximum atomic E-state index is 6.14. The van der Waals surface area contributed by atoms with Crippen molar-refractivity contribution < 1.29 is 4.74 Å². The molecular formula is C36H34N4O. The monoisotopic (exact) mass is 538 g/mol. The number of ether oxygens (including phenoxy) is 1. The highest BCUT2D eigenvalue weighted by Crippen LogP contribution is 2.37. The van der Waals surface area contributed by atoms with Crippen LogP contribution in [0.3, 0.4) is 0 Å². The van der Waals surface area contributed by atoms with Gasteiger partial charge in [-0.1, -0.05) is 84.9 Å². The van der Waals surface area contributed by atoms with E-state index in [0.717, 1.165) is 34.9 Å². The lowest BCUT2D eigenvalue weighted by atomic mass is 10.0. The summed E-state index contributed by atoms with van der Waals surface area (Å²) < 4.78 is 8.39. The van der Waals surface area contributed by atoms with E-state index < -0.39 is 0 Å². The molecule has 0 saturated carbocycles. The number of fused-ring (bicyclic) bond motifs is 1. The SMILES string of the molecule is CN(Cc1cccn1-c1ccccc1)C(/C=C/C=C\Nc1ccccc1)c1ccc(C2Nc3ccccc3O2)cc1. The molecular weight excluding hydrogens is 504 g/mol. The van der Waals surface area contributed by atoms with Crippen LogP contribution < -0.4 is 15.4 Å². The highest BCUT2D eigenvalue weighted by atomic mass is 16.5. The van der Waals surface area contributed by atoms with Crippen molar-refractivity contribution in [2.75, 3.05) is 17.7 Å². The number of aromatic nitrogens is 1. The number of nitrogens with zero attached hydrogens (tertiary/aromatic N) is 2. The molecule has 5 heteroatoms. The summed E-state index contributed by atoms with van der Waals surface area (Å²) in [7, 11) is 2.18. The smallest absolute Gasteiger partial charge is 0.196 e. The van der Waals surface area contributed by atoms with Crippen LogP contribution in [0.4, 0.5) is 11.4 Å². The average molecular weight is 539 g/mol. The fourth-order valence-electron chi connectivity index (χ4n) is 5.16. The van der Waals surface area contributed by atoms with E-state index in [9.17, 15) is 0 Å². The van der Waals surface area contributed by atoms with Gasteiger partial charge in [0.2, 0.25) is 0 Å². The van der Waals surface area contributed by atoms with Gasteiger partial charge >= 0.3 is 0 Å². The first-order valence-corrected chi connectivity index (χ1v) is 13.9. The highest BCUT2D eigenvalue weighted by molar-refractivity contribution is 5.60. The van der Waals surface area contributed by atoms with E-state index in [1.807, 2.05) is 60.8 Å². The summed E-state index contributed by atoms with van der Waals surface area (Å²) in [5, 5.41) is 6.80. The molecule has 1 aliphatic rings. The standard InChI is InChI=1S/C36H34N4O/c1-39(27-32-17-12-26-40(32)31-15-6-3-7-16-31)34(19-10-11-25-37-30-13-4-2-5-14-30)28-21-23-29(24-22-28)36-38-33-18-8-9-20-35(33)41-36/h2-26,34,36-38H,27H2,1H3/b19-10+,25-11-. The van der Waals surface area contributed by atoms with Gasteiger partial charge in [0.25, 0.3) is 0 Å². The van der Waals surface area contributed by atoms with Gasteiger partial charge in [0.1, 0.15) is 5.75 Å². The van der Waals surface area contributed by atoms with E-state index in [1.54, 1.807) is 0 Å². The van der Waals surface area contributed by atoms with Crippen LogP contribution in [0.15, 0.2) is 152 Å². The zero-order valence-corrected chi connectivity index (χ0v) is 23.1. The first-order valence-electron chi connectivity index (χ1n) is 13.9. The summed E-state index contributed by atoms with van der Waals surface area (Å²) in [4.78, 5) is 2.37. The van der Waals surface area contributed by atoms with E-state index in [2.05, 4.69) is 118 Å². The number of hydrogen-bond acceptors (Lipinski definition) is 4. The molecule has 0 aliphatic carbocycles. The summed E-state index contributed by atoms with van der Waals surface area (Å²) in [6, 6.07) is 41.8. The van der Waals surface area contributed by atoms with E-state index in [-0.39, 0.29) is 12.3 Å². The van der Waals surface area contributed by atoms with E-state index in [0.29, 0.717) is 0 Å². The van der Waals surface area contributed by atoms with E-state index >= 15 is 0 Å². The molecule has 0 radical (unpaired) electrons. The fraction of sp³-hybridized carbons (Fsp3) is 0.111. The first-order chi connectivity index (χ1) is 20.2. The number of nitrogens with one attached hydrogen (secondary N) is 2. The minimum absolute atomic E-state index is 0.0687. The first kappa shape index (κ1) is 26.2. The topological polar surface area (TPSA) is 41.5 Å². The van der Waals surface area contributed by atoms with Crippen molar-refractivity contribution in [1.82, 2.24) is 9.47 Å². The second kappa shape index (κ2) is 12.5. The quantitative estimate of drug-likeness (QED) is 0.175. The van der Waals surface area contributed by atoms with Crippen LogP contribution in [-0.2, 0) is 6.54 Å². The van der Waals surface area contributed by atoms with Crippen LogP contribution in [0.2, 0.25) is 0 Å². The minimum Gasteiger partial charge on any atom is -0.464 e. The number of likely N-dealkylation sites (N-methyl/N-ethyl adjacent to an activating group) is 1. The Hall–Kier alpha value is -5.00. The van der Waals surface area contributed by atoms with Gasteiger partial charge in [0.15, 0.2) is 6.23 Å². The normalized spacial score (nSPS) is 15.1. The van der Waals surface area contributed by atoms with Crippen molar-refractivity contribution >= 4 is 11.4 Å². The molecule has 2 atom stereocenters. The maximum Gasteiger partial charge on any atom is 0.196 e. The third kappa shape index (κ3) is 6.26. The van der Waals surface area contributed by atoms with Gasteiger partial charge in [-0.05, 0) is 67.2 Å². The maximum absolute atomic E-state index is 6.14. The Morgan fingerprint density at radius 2 is 1.56 bits per heavy atom. The van der Waals surface area contributed by atoms with Gasteiger partial charge in [-0.15, -0.1) is 0 Å². The minimum atomic E-state index is -0.186. The molecule has 0 fully saturated rings. The molecule has 0 amide bonds. The number of anilines is 2. The van der Waals surface area contributed by atoms with Crippen LogP contribution in [0.25, 0.3) is 5.69 Å². The molecule has 2 unspecified atom stereocenters. The zero-order chi connectivity index (χ0) is 27.9. The second-order valence-corrected chi connectivity index (χ2v) is 10.1. The van der Waals surface area contributed by atoms with Crippen molar-refractivity contribution in [2.24, 2.45) is 0 Å². The molecule has 5 nitrogen and oxygen atoms in total. The third-order valence-corrected chi connectivity index (χ3v) is 7.28. The number of benzene rings is 4. The van der Waals surface area contributed by atoms with Gasteiger partial charge in [-0.2, -0.15) is 0 Å². The molecule has 5 aromatic rings. The third-order valence-electron chi connectivity index (χ3n) is 7.28. The van der Waals surface area contributed by atoms with Gasteiger partial charge < -0.3 is 19.9 Å². The summed E-state index contributed by atoms with van der Waals surface area (Å²) in [5.74, 6) is 0.888. The van der Waals surface area contributed by atoms with Gasteiger partial charge in [-0.3, -0.25) is 4.90 Å². The highest BCUT2D eigenvalue weighted by Gasteiger charge is 2.23. The zero-order valence-electron chi connectivity index (χ0n) is 23.1. The fourth-order valence-corrected chi connectivity index (χ4v) is 5.16. The lowest BCUT2D eigenvalue weighted by Crippen LogP contribution is -2.24. The van der Waals surface area contributed by atoms with Crippen molar-refractivity contribution in [3.05, 3.63) is 169 Å². The molecule has 1 aromatic heterocycles. The number of rotatable bonds is 10. The number of allylic oxidation sites excluding steroid dienone is 2. The number of hydrogen-bond donors (Lipinski definition) is 2. The summed E-state index contributed by atoms with van der Waals surface area (Å²) in [6.45, 7) is 0.785. The second-order valence-electron chi connectivity index (χ2n) is 10.1. The van der Waals surface area contributed by atoms with Crippen LogP contribution in [0.5, 0.6) is 5.75 Å². The molecule has 2 heterocycles. The Labute approximate surface area is 242 Å². The van der Waals surface area contributed by atoms with Gasteiger partial charge in [0.05, 0.1) is 11.7 Å². The van der Waals surface area contributed by atoms with Crippen molar-refractivity contribution in [3.63, 3.8) is 0 Å². The molecule has 204 valence electrons. The molecule has 0 spiro atoms.